The summed E-state index contributed by atoms with van der Waals surface area (Å²) in [5.41, 5.74) is 0. The Hall–Kier alpha value is -0.650. The fraction of sp³-hybridized carbons (Fsp3) is 0.938. The van der Waals surface area contributed by atoms with Crippen molar-refractivity contribution in [2.75, 3.05) is 52.4 Å². The van der Waals surface area contributed by atoms with Crippen LogP contribution in [0, 0.1) is 0 Å². The molecule has 21 heavy (non-hydrogen) atoms. The lowest BCUT2D eigenvalue weighted by Gasteiger charge is -2.40. The first kappa shape index (κ1) is 15.3. The number of likely N-dealkylation sites (tertiary alicyclic amines) is 2. The summed E-state index contributed by atoms with van der Waals surface area (Å²) >= 11 is 0. The summed E-state index contributed by atoms with van der Waals surface area (Å²) in [6.07, 6.45) is 4.73. The van der Waals surface area contributed by atoms with Gasteiger partial charge in [-0.2, -0.15) is 0 Å². The third-order valence-corrected chi connectivity index (χ3v) is 5.48. The molecule has 120 valence electrons. The quantitative estimate of drug-likeness (QED) is 0.816. The van der Waals surface area contributed by atoms with Crippen LogP contribution in [0.15, 0.2) is 0 Å². The van der Waals surface area contributed by atoms with Crippen LogP contribution in [0.1, 0.15) is 32.6 Å². The second-order valence-corrected chi connectivity index (χ2v) is 6.64. The lowest BCUT2D eigenvalue weighted by molar-refractivity contribution is -0.137. The predicted octanol–water partition coefficient (Wildman–Crippen LogP) is 0.367. The Morgan fingerprint density at radius 2 is 1.76 bits per heavy atom. The van der Waals surface area contributed by atoms with Crippen LogP contribution in [0.25, 0.3) is 0 Å². The van der Waals surface area contributed by atoms with Gasteiger partial charge in [-0.1, -0.05) is 6.92 Å². The Morgan fingerprint density at radius 3 is 2.43 bits per heavy atom. The van der Waals surface area contributed by atoms with Gasteiger partial charge in [0, 0.05) is 32.2 Å². The molecule has 1 unspecified atom stereocenters. The van der Waals surface area contributed by atoms with Crippen LogP contribution >= 0.6 is 0 Å². The first-order chi connectivity index (χ1) is 10.3. The monoisotopic (exact) mass is 294 g/mol. The van der Waals surface area contributed by atoms with E-state index in [1.54, 1.807) is 0 Å². The molecule has 0 aromatic heterocycles. The molecule has 5 nitrogen and oxygen atoms in total. The summed E-state index contributed by atoms with van der Waals surface area (Å²) in [4.78, 5) is 20.0. The topological polar surface area (TPSA) is 38.8 Å². The van der Waals surface area contributed by atoms with Gasteiger partial charge in [-0.05, 0) is 51.9 Å². The predicted molar refractivity (Wildman–Crippen MR) is 84.3 cm³/mol. The molecule has 0 radical (unpaired) electrons. The Kier molecular flexibility index (Phi) is 5.14. The molecule has 3 rings (SSSR count). The zero-order valence-corrected chi connectivity index (χ0v) is 13.4. The van der Waals surface area contributed by atoms with Crippen LogP contribution in [0.5, 0.6) is 0 Å². The van der Waals surface area contributed by atoms with Crippen LogP contribution in [0.2, 0.25) is 0 Å². The van der Waals surface area contributed by atoms with Gasteiger partial charge in [0.05, 0.1) is 6.04 Å². The molecule has 1 N–H and O–H groups in total. The van der Waals surface area contributed by atoms with E-state index in [0.717, 1.165) is 45.7 Å². The largest absolute Gasteiger partial charge is 0.339 e. The lowest BCUT2D eigenvalue weighted by atomic mass is 10.0. The number of carbonyl (C=O) groups excluding carboxylic acids is 1. The first-order valence-corrected chi connectivity index (χ1v) is 8.77. The summed E-state index contributed by atoms with van der Waals surface area (Å²) < 4.78 is 0. The van der Waals surface area contributed by atoms with Gasteiger partial charge in [0.25, 0.3) is 0 Å². The zero-order chi connectivity index (χ0) is 14.7. The van der Waals surface area contributed by atoms with Gasteiger partial charge < -0.3 is 15.1 Å². The molecule has 0 bridgehead atoms. The summed E-state index contributed by atoms with van der Waals surface area (Å²) in [5.74, 6) is 0.395. The fourth-order valence-electron chi connectivity index (χ4n) is 4.15. The van der Waals surface area contributed by atoms with E-state index in [0.29, 0.717) is 11.9 Å². The number of hydrogen-bond acceptors (Lipinski definition) is 4. The Balaban J connectivity index is 1.58. The number of nitrogens with one attached hydrogen (secondary N) is 1. The van der Waals surface area contributed by atoms with Crippen molar-refractivity contribution in [3.05, 3.63) is 0 Å². The van der Waals surface area contributed by atoms with Crippen molar-refractivity contribution in [3.63, 3.8) is 0 Å². The minimum absolute atomic E-state index is 0.168. The minimum atomic E-state index is 0.168. The van der Waals surface area contributed by atoms with Crippen LogP contribution in [0.4, 0.5) is 0 Å². The van der Waals surface area contributed by atoms with E-state index in [9.17, 15) is 4.79 Å². The SMILES string of the molecule is CCN1CCC(N2CCCC2C(=O)N2CCNCC2)CC1. The van der Waals surface area contributed by atoms with Gasteiger partial charge in [-0.15, -0.1) is 0 Å². The third-order valence-electron chi connectivity index (χ3n) is 5.48. The van der Waals surface area contributed by atoms with Crippen LogP contribution in [0.3, 0.4) is 0 Å². The maximum atomic E-state index is 12.8. The lowest BCUT2D eigenvalue weighted by Crippen LogP contribution is -2.55. The van der Waals surface area contributed by atoms with Crippen molar-refractivity contribution in [1.82, 2.24) is 20.0 Å². The number of amides is 1. The summed E-state index contributed by atoms with van der Waals surface area (Å²) in [6, 6.07) is 0.799. The molecule has 0 aromatic carbocycles. The van der Waals surface area contributed by atoms with E-state index >= 15 is 0 Å². The van der Waals surface area contributed by atoms with Gasteiger partial charge in [-0.3, -0.25) is 9.69 Å². The summed E-state index contributed by atoms with van der Waals surface area (Å²) in [5, 5.41) is 3.33. The molecule has 3 saturated heterocycles. The number of hydrogen-bond donors (Lipinski definition) is 1. The van der Waals surface area contributed by atoms with E-state index in [1.165, 1.54) is 32.4 Å². The highest BCUT2D eigenvalue weighted by atomic mass is 16.2. The molecule has 1 amide bonds. The first-order valence-electron chi connectivity index (χ1n) is 8.77. The molecule has 3 aliphatic heterocycles. The molecule has 5 heteroatoms. The molecule has 0 aromatic rings. The molecule has 0 saturated carbocycles. The van der Waals surface area contributed by atoms with Crippen molar-refractivity contribution in [3.8, 4) is 0 Å². The highest BCUT2D eigenvalue weighted by molar-refractivity contribution is 5.82. The molecule has 0 spiro atoms. The van der Waals surface area contributed by atoms with Crippen LogP contribution < -0.4 is 5.32 Å². The number of carbonyl (C=O) groups is 1. The fourth-order valence-corrected chi connectivity index (χ4v) is 4.15. The molecule has 3 aliphatic rings. The maximum absolute atomic E-state index is 12.8. The van der Waals surface area contributed by atoms with E-state index in [1.807, 2.05) is 0 Å². The average molecular weight is 294 g/mol. The van der Waals surface area contributed by atoms with Gasteiger partial charge in [-0.25, -0.2) is 0 Å². The molecule has 3 heterocycles. The van der Waals surface area contributed by atoms with Crippen LogP contribution in [-0.4, -0.2) is 85.0 Å². The second kappa shape index (κ2) is 7.07. The highest BCUT2D eigenvalue weighted by Crippen LogP contribution is 2.27. The van der Waals surface area contributed by atoms with Crippen molar-refractivity contribution in [1.29, 1.82) is 0 Å². The van der Waals surface area contributed by atoms with Gasteiger partial charge in [0.2, 0.25) is 5.91 Å². The molecule has 3 fully saturated rings. The molecule has 1 atom stereocenters. The van der Waals surface area contributed by atoms with Crippen molar-refractivity contribution in [2.45, 2.75) is 44.7 Å². The Labute approximate surface area is 128 Å². The van der Waals surface area contributed by atoms with Gasteiger partial charge in [0.15, 0.2) is 0 Å². The standard InChI is InChI=1S/C16H30N4O/c1-2-18-10-5-14(6-11-18)20-9-3-4-15(20)16(21)19-12-7-17-8-13-19/h14-15,17H,2-13H2,1H3. The molecular formula is C16H30N4O. The zero-order valence-electron chi connectivity index (χ0n) is 13.4. The van der Waals surface area contributed by atoms with E-state index in [-0.39, 0.29) is 6.04 Å². The number of piperidine rings is 1. The summed E-state index contributed by atoms with van der Waals surface area (Å²) in [6.45, 7) is 10.6. The number of rotatable bonds is 3. The maximum Gasteiger partial charge on any atom is 0.240 e. The van der Waals surface area contributed by atoms with E-state index in [4.69, 9.17) is 0 Å². The van der Waals surface area contributed by atoms with Crippen LogP contribution in [-0.2, 0) is 4.79 Å². The Bertz CT molecular complexity index is 348. The molecule has 0 aliphatic carbocycles. The highest BCUT2D eigenvalue weighted by Gasteiger charge is 2.38. The van der Waals surface area contributed by atoms with Gasteiger partial charge >= 0.3 is 0 Å². The normalized spacial score (nSPS) is 30.0. The smallest absolute Gasteiger partial charge is 0.240 e. The Morgan fingerprint density at radius 1 is 1.05 bits per heavy atom. The van der Waals surface area contributed by atoms with Crippen molar-refractivity contribution < 1.29 is 4.79 Å². The van der Waals surface area contributed by atoms with Crippen molar-refractivity contribution >= 4 is 5.91 Å². The third kappa shape index (κ3) is 3.41. The van der Waals surface area contributed by atoms with E-state index in [2.05, 4.69) is 26.9 Å². The van der Waals surface area contributed by atoms with Crippen molar-refractivity contribution in [2.24, 2.45) is 0 Å². The minimum Gasteiger partial charge on any atom is -0.339 e. The number of piperazine rings is 1. The number of nitrogens with zero attached hydrogens (tertiary/aromatic N) is 3. The second-order valence-electron chi connectivity index (χ2n) is 6.64. The van der Waals surface area contributed by atoms with E-state index < -0.39 is 0 Å². The summed E-state index contributed by atoms with van der Waals surface area (Å²) in [7, 11) is 0. The van der Waals surface area contributed by atoms with Gasteiger partial charge in [0.1, 0.15) is 0 Å². The molecular weight excluding hydrogens is 264 g/mol. The average Bonchev–Trinajstić information content (AvgIpc) is 3.04.